The topological polar surface area (TPSA) is 119 Å². The second kappa shape index (κ2) is 14.3. The quantitative estimate of drug-likeness (QED) is 0.139. The Hall–Kier alpha value is -5.18. The molecule has 0 spiro atoms. The number of H-pyrrole nitrogens is 1. The highest BCUT2D eigenvalue weighted by atomic mass is 16.2. The minimum atomic E-state index is -0.771. The van der Waals surface area contributed by atoms with Crippen LogP contribution in [0.3, 0.4) is 0 Å². The number of carbonyl (C=O) groups is 3. The van der Waals surface area contributed by atoms with Gasteiger partial charge in [-0.15, -0.1) is 0 Å². The lowest BCUT2D eigenvalue weighted by molar-refractivity contribution is -0.124. The van der Waals surface area contributed by atoms with Gasteiger partial charge in [0.2, 0.25) is 0 Å². The Kier molecular flexibility index (Phi) is 10.6. The Morgan fingerprint density at radius 1 is 0.812 bits per heavy atom. The van der Waals surface area contributed by atoms with Crippen LogP contribution in [0.15, 0.2) is 58.3 Å². The van der Waals surface area contributed by atoms with E-state index in [9.17, 15) is 19.2 Å². The van der Waals surface area contributed by atoms with Gasteiger partial charge in [-0.1, -0.05) is 58.9 Å². The number of nitrogens with one attached hydrogen (secondary N) is 1. The van der Waals surface area contributed by atoms with E-state index in [1.165, 1.54) is 10.8 Å². The first kappa shape index (κ1) is 35.7. The molecule has 1 amide bonds. The Balaban J connectivity index is 1.89. The molecule has 0 saturated carbocycles. The lowest BCUT2D eigenvalue weighted by Crippen LogP contribution is -2.19. The maximum absolute atomic E-state index is 13.8. The Morgan fingerprint density at radius 3 is 1.92 bits per heavy atom. The number of allylic oxidation sites excluding steroid dienone is 2. The fourth-order valence-electron chi connectivity index (χ4n) is 5.15. The highest BCUT2D eigenvalue weighted by Gasteiger charge is 2.23. The van der Waals surface area contributed by atoms with E-state index in [2.05, 4.69) is 10.1 Å². The maximum Gasteiger partial charge on any atom is 0.279 e. The van der Waals surface area contributed by atoms with Gasteiger partial charge >= 0.3 is 0 Å². The van der Waals surface area contributed by atoms with Crippen LogP contribution in [0, 0.1) is 40.0 Å². The van der Waals surface area contributed by atoms with Crippen molar-refractivity contribution in [3.05, 3.63) is 109 Å². The van der Waals surface area contributed by atoms with Gasteiger partial charge in [-0.25, -0.2) is 14.4 Å². The number of aryl methyl sites for hydroxylation is 4. The molecule has 9 nitrogen and oxygen atoms in total. The van der Waals surface area contributed by atoms with Crippen LogP contribution in [0.25, 0.3) is 23.5 Å². The van der Waals surface area contributed by atoms with E-state index in [1.807, 2.05) is 71.0 Å². The largest absolute Gasteiger partial charge is 0.292 e. The van der Waals surface area contributed by atoms with Crippen LogP contribution in [0.1, 0.15) is 108 Å². The van der Waals surface area contributed by atoms with Crippen molar-refractivity contribution in [1.29, 1.82) is 0 Å². The van der Waals surface area contributed by atoms with Crippen LogP contribution in [-0.2, 0) is 4.79 Å². The summed E-state index contributed by atoms with van der Waals surface area (Å²) in [5.74, 6) is -0.720. The summed E-state index contributed by atoms with van der Waals surface area (Å²) >= 11 is 0. The first-order chi connectivity index (χ1) is 22.6. The number of amides is 1. The van der Waals surface area contributed by atoms with Gasteiger partial charge < -0.3 is 0 Å². The van der Waals surface area contributed by atoms with Crippen molar-refractivity contribution < 1.29 is 14.4 Å². The highest BCUT2D eigenvalue weighted by molar-refractivity contribution is 6.14. The summed E-state index contributed by atoms with van der Waals surface area (Å²) in [4.78, 5) is 57.4. The van der Waals surface area contributed by atoms with Gasteiger partial charge in [0.1, 0.15) is 11.4 Å². The zero-order valence-corrected chi connectivity index (χ0v) is 29.6. The normalized spacial score (nSPS) is 12.4. The fourth-order valence-corrected chi connectivity index (χ4v) is 5.15. The van der Waals surface area contributed by atoms with Gasteiger partial charge in [0, 0.05) is 29.5 Å². The fraction of sp³-hybridized carbons (Fsp3) is 0.333. The number of rotatable bonds is 10. The van der Waals surface area contributed by atoms with E-state index in [1.54, 1.807) is 57.5 Å². The number of ketones is 2. The molecule has 2 aromatic carbocycles. The number of aliphatic imine (C=N–C) groups is 1. The zero-order valence-electron chi connectivity index (χ0n) is 29.6. The third-order valence-corrected chi connectivity index (χ3v) is 8.19. The van der Waals surface area contributed by atoms with Crippen LogP contribution in [-0.4, -0.2) is 42.7 Å². The molecule has 0 atom stereocenters. The van der Waals surface area contributed by atoms with Crippen LogP contribution >= 0.6 is 0 Å². The van der Waals surface area contributed by atoms with Gasteiger partial charge in [0.25, 0.3) is 11.5 Å². The Bertz CT molecular complexity index is 2060. The maximum atomic E-state index is 13.8. The smallest absolute Gasteiger partial charge is 0.279 e. The standard InChI is InChI=1S/C39H45N5O4/c1-11-33(45)35-29(27(7)43(41-35)31-21-23(3)13-15-25(31)5)19-17-28(40-38(48)39(8,9)10)18-20-30-36(34(46)12-2)42-44(37(30)47)32-22-24(4)14-16-26(32)6/h13-22,42H,11-12H2,1-10H3/b19-17+,20-18?,40-28?. The van der Waals surface area contributed by atoms with Crippen molar-refractivity contribution in [2.75, 3.05) is 0 Å². The minimum absolute atomic E-state index is 0.122. The molecule has 0 radical (unpaired) electrons. The second-order valence-corrected chi connectivity index (χ2v) is 13.2. The van der Waals surface area contributed by atoms with Crippen molar-refractivity contribution in [1.82, 2.24) is 19.6 Å². The predicted octanol–water partition coefficient (Wildman–Crippen LogP) is 7.82. The van der Waals surface area contributed by atoms with Gasteiger partial charge in [-0.2, -0.15) is 5.10 Å². The average Bonchev–Trinajstić information content (AvgIpc) is 3.55. The second-order valence-electron chi connectivity index (χ2n) is 13.2. The molecular formula is C39H45N5O4. The molecule has 250 valence electrons. The molecular weight excluding hydrogens is 602 g/mol. The molecule has 9 heteroatoms. The molecule has 0 aliphatic heterocycles. The van der Waals surface area contributed by atoms with Gasteiger partial charge in [-0.05, 0) is 93.3 Å². The monoisotopic (exact) mass is 647 g/mol. The van der Waals surface area contributed by atoms with Crippen molar-refractivity contribution >= 4 is 35.3 Å². The van der Waals surface area contributed by atoms with E-state index >= 15 is 0 Å². The van der Waals surface area contributed by atoms with Gasteiger partial charge in [-0.3, -0.25) is 24.3 Å². The van der Waals surface area contributed by atoms with Gasteiger partial charge in [0.15, 0.2) is 11.6 Å². The molecule has 2 aromatic heterocycles. The lowest BCUT2D eigenvalue weighted by atomic mass is 9.96. The highest BCUT2D eigenvalue weighted by Crippen LogP contribution is 2.25. The van der Waals surface area contributed by atoms with Crippen molar-refractivity contribution in [2.24, 2.45) is 10.4 Å². The predicted molar refractivity (Wildman–Crippen MR) is 193 cm³/mol. The van der Waals surface area contributed by atoms with Crippen molar-refractivity contribution in [2.45, 2.75) is 82.1 Å². The lowest BCUT2D eigenvalue weighted by Gasteiger charge is -2.12. The number of hydrogen-bond acceptors (Lipinski definition) is 5. The average molecular weight is 648 g/mol. The molecule has 4 rings (SSSR count). The number of hydrogen-bond donors (Lipinski definition) is 1. The SMILES string of the molecule is CCC(=O)c1nn(-c2cc(C)ccc2C)c(C)c1/C=C/C(C=Cc1c(C(=O)CC)[nH]n(-c2cc(C)ccc2C)c1=O)=NC(=O)C(C)(C)C. The number of aromatic nitrogens is 4. The van der Waals surface area contributed by atoms with E-state index < -0.39 is 11.0 Å². The molecule has 0 saturated heterocycles. The molecule has 4 aromatic rings. The number of aromatic amines is 1. The number of carbonyl (C=O) groups excluding carboxylic acids is 3. The minimum Gasteiger partial charge on any atom is -0.292 e. The summed E-state index contributed by atoms with van der Waals surface area (Å²) in [7, 11) is 0. The van der Waals surface area contributed by atoms with Crippen LogP contribution in [0.2, 0.25) is 0 Å². The number of Topliss-reactive ketones (excluding diaryl/α,β-unsaturated/α-hetero) is 2. The zero-order chi connectivity index (χ0) is 35.5. The summed E-state index contributed by atoms with van der Waals surface area (Å²) in [6.45, 7) is 18.6. The molecule has 0 bridgehead atoms. The molecule has 48 heavy (non-hydrogen) atoms. The third-order valence-electron chi connectivity index (χ3n) is 8.19. The van der Waals surface area contributed by atoms with Crippen LogP contribution in [0.4, 0.5) is 0 Å². The van der Waals surface area contributed by atoms with E-state index in [-0.39, 0.29) is 47.3 Å². The first-order valence-corrected chi connectivity index (χ1v) is 16.2. The number of benzene rings is 2. The summed E-state index contributed by atoms with van der Waals surface area (Å²) in [5, 5.41) is 7.75. The molecule has 0 aliphatic carbocycles. The summed E-state index contributed by atoms with van der Waals surface area (Å²) in [5.41, 5.74) is 6.50. The summed E-state index contributed by atoms with van der Waals surface area (Å²) in [6, 6.07) is 11.8. The third kappa shape index (κ3) is 7.51. The van der Waals surface area contributed by atoms with Crippen molar-refractivity contribution in [3.8, 4) is 11.4 Å². The van der Waals surface area contributed by atoms with E-state index in [4.69, 9.17) is 5.10 Å². The number of nitrogens with zero attached hydrogens (tertiary/aromatic N) is 4. The van der Waals surface area contributed by atoms with Crippen LogP contribution < -0.4 is 5.56 Å². The van der Waals surface area contributed by atoms with Gasteiger partial charge in [0.05, 0.1) is 22.6 Å². The van der Waals surface area contributed by atoms with E-state index in [0.29, 0.717) is 16.9 Å². The Morgan fingerprint density at radius 2 is 1.35 bits per heavy atom. The summed E-state index contributed by atoms with van der Waals surface area (Å²) < 4.78 is 3.15. The van der Waals surface area contributed by atoms with Crippen molar-refractivity contribution in [3.63, 3.8) is 0 Å². The van der Waals surface area contributed by atoms with E-state index in [0.717, 1.165) is 33.6 Å². The Labute approximate surface area is 282 Å². The molecule has 1 N–H and O–H groups in total. The molecule has 0 aliphatic rings. The molecule has 0 fully saturated rings. The molecule has 0 unspecified atom stereocenters. The molecule has 2 heterocycles. The van der Waals surface area contributed by atoms with Crippen LogP contribution in [0.5, 0.6) is 0 Å². The first-order valence-electron chi connectivity index (χ1n) is 16.2. The summed E-state index contributed by atoms with van der Waals surface area (Å²) in [6.07, 6.45) is 6.90.